The standard InChI is InChI=1S/C21H18N6O2S3/c1-29-15-8-6-14(7-9-15)26-21(22-24-25-26)32-13-20(28)27-17(19-5-3-11-31-19)12-16(23-27)18-4-2-10-30-18/h2-11,17H,12-13H2,1H3/t17-/m0/s1. The molecule has 4 heterocycles. The minimum atomic E-state index is -0.0854. The van der Waals surface area contributed by atoms with Crippen LogP contribution in [0.4, 0.5) is 0 Å². The Hall–Kier alpha value is -3.02. The van der Waals surface area contributed by atoms with E-state index in [9.17, 15) is 4.79 Å². The fraction of sp³-hybridized carbons (Fsp3) is 0.190. The molecule has 1 aliphatic rings. The first-order valence-corrected chi connectivity index (χ1v) is 12.5. The number of carbonyl (C=O) groups is 1. The summed E-state index contributed by atoms with van der Waals surface area (Å²) in [6, 6.07) is 15.4. The summed E-state index contributed by atoms with van der Waals surface area (Å²) in [4.78, 5) is 15.4. The van der Waals surface area contributed by atoms with E-state index in [1.165, 1.54) is 11.8 Å². The van der Waals surface area contributed by atoms with Crippen molar-refractivity contribution in [3.63, 3.8) is 0 Å². The van der Waals surface area contributed by atoms with Crippen molar-refractivity contribution >= 4 is 46.1 Å². The second-order valence-electron chi connectivity index (χ2n) is 6.86. The van der Waals surface area contributed by atoms with Crippen LogP contribution in [0.25, 0.3) is 5.69 Å². The van der Waals surface area contributed by atoms with Crippen LogP contribution in [0.5, 0.6) is 5.75 Å². The molecule has 0 N–H and O–H groups in total. The summed E-state index contributed by atoms with van der Waals surface area (Å²) < 4.78 is 6.81. The third kappa shape index (κ3) is 4.18. The van der Waals surface area contributed by atoms with Gasteiger partial charge in [0.15, 0.2) is 0 Å². The minimum Gasteiger partial charge on any atom is -0.497 e. The molecule has 8 nitrogen and oxygen atoms in total. The molecule has 4 aromatic rings. The smallest absolute Gasteiger partial charge is 0.253 e. The van der Waals surface area contributed by atoms with Crippen molar-refractivity contribution < 1.29 is 9.53 Å². The largest absolute Gasteiger partial charge is 0.497 e. The molecular formula is C21H18N6O2S3. The van der Waals surface area contributed by atoms with E-state index in [1.807, 2.05) is 53.2 Å². The highest BCUT2D eigenvalue weighted by molar-refractivity contribution is 7.99. The van der Waals surface area contributed by atoms with Gasteiger partial charge in [0.1, 0.15) is 5.75 Å². The number of amides is 1. The number of hydrogen-bond donors (Lipinski definition) is 0. The fourth-order valence-electron chi connectivity index (χ4n) is 3.38. The van der Waals surface area contributed by atoms with Gasteiger partial charge < -0.3 is 4.74 Å². The second-order valence-corrected chi connectivity index (χ2v) is 9.73. The summed E-state index contributed by atoms with van der Waals surface area (Å²) in [5.41, 5.74) is 1.74. The van der Waals surface area contributed by atoms with Crippen LogP contribution in [0.3, 0.4) is 0 Å². The van der Waals surface area contributed by atoms with Gasteiger partial charge in [0, 0.05) is 11.3 Å². The number of benzene rings is 1. The summed E-state index contributed by atoms with van der Waals surface area (Å²) in [5.74, 6) is 0.850. The van der Waals surface area contributed by atoms with Crippen molar-refractivity contribution in [2.24, 2.45) is 5.10 Å². The molecule has 0 saturated carbocycles. The Balaban J connectivity index is 1.33. The van der Waals surface area contributed by atoms with Gasteiger partial charge in [-0.1, -0.05) is 23.9 Å². The molecule has 1 aliphatic heterocycles. The van der Waals surface area contributed by atoms with Crippen LogP contribution in [0.2, 0.25) is 0 Å². The molecule has 0 radical (unpaired) electrons. The lowest BCUT2D eigenvalue weighted by Gasteiger charge is -2.20. The SMILES string of the molecule is COc1ccc(-n2nnnc2SCC(=O)N2N=C(c3cccs3)C[C@H]2c2cccs2)cc1. The topological polar surface area (TPSA) is 85.5 Å². The summed E-state index contributed by atoms with van der Waals surface area (Å²) in [6.07, 6.45) is 0.709. The van der Waals surface area contributed by atoms with Gasteiger partial charge in [0.2, 0.25) is 5.16 Å². The number of carbonyl (C=O) groups excluding carboxylic acids is 1. The summed E-state index contributed by atoms with van der Waals surface area (Å²) in [5, 5.41) is 22.8. The van der Waals surface area contributed by atoms with Crippen LogP contribution >= 0.6 is 34.4 Å². The molecule has 0 bridgehead atoms. The molecule has 32 heavy (non-hydrogen) atoms. The van der Waals surface area contributed by atoms with Crippen LogP contribution in [0.15, 0.2) is 69.5 Å². The first kappa shape index (κ1) is 20.9. The maximum absolute atomic E-state index is 13.2. The second kappa shape index (κ2) is 9.23. The highest BCUT2D eigenvalue weighted by Gasteiger charge is 2.34. The number of thioether (sulfide) groups is 1. The summed E-state index contributed by atoms with van der Waals surface area (Å²) >= 11 is 4.57. The van der Waals surface area contributed by atoms with Crippen LogP contribution in [0, 0.1) is 0 Å². The predicted molar refractivity (Wildman–Crippen MR) is 126 cm³/mol. The Morgan fingerprint density at radius 3 is 2.69 bits per heavy atom. The summed E-state index contributed by atoms with van der Waals surface area (Å²) in [6.45, 7) is 0. The third-order valence-corrected chi connectivity index (χ3v) is 7.72. The van der Waals surface area contributed by atoms with Crippen LogP contribution in [-0.4, -0.2) is 49.7 Å². The van der Waals surface area contributed by atoms with E-state index in [4.69, 9.17) is 9.84 Å². The average molecular weight is 483 g/mol. The van der Waals surface area contributed by atoms with Gasteiger partial charge in [-0.15, -0.1) is 27.8 Å². The van der Waals surface area contributed by atoms with Gasteiger partial charge in [-0.3, -0.25) is 4.79 Å². The molecule has 0 fully saturated rings. The van der Waals surface area contributed by atoms with Crippen molar-refractivity contribution in [2.75, 3.05) is 12.9 Å². The number of aromatic nitrogens is 4. The molecule has 0 spiro atoms. The Morgan fingerprint density at radius 2 is 1.97 bits per heavy atom. The van der Waals surface area contributed by atoms with Gasteiger partial charge in [-0.25, -0.2) is 5.01 Å². The normalized spacial score (nSPS) is 15.7. The number of hydrazone groups is 1. The molecule has 0 unspecified atom stereocenters. The van der Waals surface area contributed by atoms with Crippen LogP contribution in [-0.2, 0) is 4.79 Å². The highest BCUT2D eigenvalue weighted by atomic mass is 32.2. The van der Waals surface area contributed by atoms with Crippen molar-refractivity contribution in [3.8, 4) is 11.4 Å². The molecule has 1 amide bonds. The maximum atomic E-state index is 13.2. The van der Waals surface area contributed by atoms with E-state index in [1.54, 1.807) is 39.5 Å². The monoisotopic (exact) mass is 482 g/mol. The number of tetrazole rings is 1. The van der Waals surface area contributed by atoms with E-state index in [2.05, 4.69) is 21.6 Å². The first-order valence-electron chi connectivity index (χ1n) is 9.75. The van der Waals surface area contributed by atoms with E-state index in [0.717, 1.165) is 26.9 Å². The van der Waals surface area contributed by atoms with Crippen molar-refractivity contribution in [1.29, 1.82) is 0 Å². The quantitative estimate of drug-likeness (QED) is 0.366. The van der Waals surface area contributed by atoms with E-state index in [-0.39, 0.29) is 17.7 Å². The summed E-state index contributed by atoms with van der Waals surface area (Å²) in [7, 11) is 1.62. The molecule has 0 saturated heterocycles. The van der Waals surface area contributed by atoms with Crippen molar-refractivity contribution in [3.05, 3.63) is 69.0 Å². The third-order valence-electron chi connectivity index (χ3n) is 4.93. The molecular weight excluding hydrogens is 464 g/mol. The average Bonchev–Trinajstić information content (AvgIpc) is 3.63. The number of thiophene rings is 2. The molecule has 1 atom stereocenters. The van der Waals surface area contributed by atoms with Gasteiger partial charge in [0.25, 0.3) is 5.91 Å². The molecule has 1 aromatic carbocycles. The van der Waals surface area contributed by atoms with Crippen LogP contribution < -0.4 is 4.74 Å². The number of hydrogen-bond acceptors (Lipinski definition) is 9. The Kier molecular flexibility index (Phi) is 6.02. The lowest BCUT2D eigenvalue weighted by atomic mass is 10.1. The molecule has 11 heteroatoms. The van der Waals surface area contributed by atoms with Gasteiger partial charge >= 0.3 is 0 Å². The molecule has 0 aliphatic carbocycles. The number of nitrogens with zero attached hydrogens (tertiary/aromatic N) is 6. The lowest BCUT2D eigenvalue weighted by Crippen LogP contribution is -2.28. The minimum absolute atomic E-state index is 0.0794. The zero-order chi connectivity index (χ0) is 21.9. The zero-order valence-electron chi connectivity index (χ0n) is 17.0. The van der Waals surface area contributed by atoms with Gasteiger partial charge in [0.05, 0.1) is 35.2 Å². The van der Waals surface area contributed by atoms with E-state index < -0.39 is 0 Å². The molecule has 162 valence electrons. The Bertz CT molecular complexity index is 1220. The number of rotatable bonds is 7. The zero-order valence-corrected chi connectivity index (χ0v) is 19.4. The first-order chi connectivity index (χ1) is 15.7. The maximum Gasteiger partial charge on any atom is 0.253 e. The van der Waals surface area contributed by atoms with Crippen molar-refractivity contribution in [1.82, 2.24) is 25.2 Å². The molecule has 3 aromatic heterocycles. The number of methoxy groups -OCH3 is 1. The van der Waals surface area contributed by atoms with Crippen LogP contribution in [0.1, 0.15) is 22.2 Å². The van der Waals surface area contributed by atoms with E-state index >= 15 is 0 Å². The predicted octanol–water partition coefficient (Wildman–Crippen LogP) is 4.26. The molecule has 5 rings (SSSR count). The van der Waals surface area contributed by atoms with Gasteiger partial charge in [-0.2, -0.15) is 9.78 Å². The highest BCUT2D eigenvalue weighted by Crippen LogP contribution is 2.36. The Labute approximate surface area is 196 Å². The fourth-order valence-corrected chi connectivity index (χ4v) is 5.66. The van der Waals surface area contributed by atoms with E-state index in [0.29, 0.717) is 11.6 Å². The van der Waals surface area contributed by atoms with Crippen molar-refractivity contribution in [2.45, 2.75) is 17.6 Å². The Morgan fingerprint density at radius 1 is 1.16 bits per heavy atom. The lowest BCUT2D eigenvalue weighted by molar-refractivity contribution is -0.130. The number of ether oxygens (including phenoxy) is 1. The van der Waals surface area contributed by atoms with Gasteiger partial charge in [-0.05, 0) is 57.6 Å².